The molecule has 1 rings (SSSR count). The number of hydrogen-bond acceptors (Lipinski definition) is 5. The Morgan fingerprint density at radius 1 is 1.62 bits per heavy atom. The van der Waals surface area contributed by atoms with Crippen LogP contribution < -0.4 is 5.73 Å². The summed E-state index contributed by atoms with van der Waals surface area (Å²) < 4.78 is 4.87. The number of aromatic nitrogens is 1. The summed E-state index contributed by atoms with van der Waals surface area (Å²) in [6.07, 6.45) is 0.867. The van der Waals surface area contributed by atoms with Crippen LogP contribution in [-0.2, 0) is 4.74 Å². The number of rotatable bonds is 5. The highest BCUT2D eigenvalue weighted by Gasteiger charge is 2.16. The summed E-state index contributed by atoms with van der Waals surface area (Å²) in [5.74, 6) is 0.151. The lowest BCUT2D eigenvalue weighted by Gasteiger charge is -2.10. The van der Waals surface area contributed by atoms with Gasteiger partial charge >= 0.3 is 5.97 Å². The van der Waals surface area contributed by atoms with Gasteiger partial charge in [-0.05, 0) is 19.3 Å². The van der Waals surface area contributed by atoms with Crippen molar-refractivity contribution in [2.75, 3.05) is 6.61 Å². The molecule has 0 aliphatic heterocycles. The van der Waals surface area contributed by atoms with Crippen LogP contribution in [0.15, 0.2) is 5.38 Å². The van der Waals surface area contributed by atoms with E-state index in [-0.39, 0.29) is 12.0 Å². The third-order valence-electron chi connectivity index (χ3n) is 2.08. The second-order valence-electron chi connectivity index (χ2n) is 4.03. The standard InChI is InChI=1S/C11H18N2O2S/c1-4-15-11(14)10-13-9(6-16-10)8(12)5-7(2)3/h6-8H,4-5,12H2,1-3H3/t8-/m0/s1. The number of carbonyl (C=O) groups excluding carboxylic acids is 1. The van der Waals surface area contributed by atoms with Crippen molar-refractivity contribution in [3.05, 3.63) is 16.1 Å². The molecular formula is C11H18N2O2S. The minimum Gasteiger partial charge on any atom is -0.461 e. The van der Waals surface area contributed by atoms with Crippen molar-refractivity contribution in [1.82, 2.24) is 4.98 Å². The zero-order valence-corrected chi connectivity index (χ0v) is 10.7. The molecule has 0 aromatic carbocycles. The summed E-state index contributed by atoms with van der Waals surface area (Å²) in [6, 6.07) is -0.0978. The van der Waals surface area contributed by atoms with Crippen molar-refractivity contribution in [3.63, 3.8) is 0 Å². The molecule has 0 saturated heterocycles. The number of nitrogens with two attached hydrogens (primary N) is 1. The number of thiazole rings is 1. The number of esters is 1. The van der Waals surface area contributed by atoms with E-state index < -0.39 is 0 Å². The van der Waals surface area contributed by atoms with Crippen molar-refractivity contribution in [2.24, 2.45) is 11.7 Å². The largest absolute Gasteiger partial charge is 0.461 e. The molecule has 0 saturated carbocycles. The van der Waals surface area contributed by atoms with Gasteiger partial charge in [0, 0.05) is 11.4 Å². The number of nitrogens with zero attached hydrogens (tertiary/aromatic N) is 1. The molecule has 0 aliphatic carbocycles. The quantitative estimate of drug-likeness (QED) is 0.805. The number of hydrogen-bond donors (Lipinski definition) is 1. The molecule has 1 atom stereocenters. The topological polar surface area (TPSA) is 65.2 Å². The zero-order chi connectivity index (χ0) is 12.1. The lowest BCUT2D eigenvalue weighted by molar-refractivity contribution is 0.0525. The average molecular weight is 242 g/mol. The number of carbonyl (C=O) groups is 1. The Labute approximate surface area is 99.8 Å². The molecule has 2 N–H and O–H groups in total. The fraction of sp³-hybridized carbons (Fsp3) is 0.636. The Balaban J connectivity index is 2.67. The van der Waals surface area contributed by atoms with Crippen LogP contribution in [0.25, 0.3) is 0 Å². The average Bonchev–Trinajstić information content (AvgIpc) is 2.65. The van der Waals surface area contributed by atoms with Gasteiger partial charge in [-0.3, -0.25) is 0 Å². The molecule has 1 aromatic rings. The van der Waals surface area contributed by atoms with Gasteiger partial charge in [0.1, 0.15) is 0 Å². The minimum atomic E-state index is -0.365. The van der Waals surface area contributed by atoms with Gasteiger partial charge < -0.3 is 10.5 Å². The first-order valence-corrected chi connectivity index (χ1v) is 6.30. The monoisotopic (exact) mass is 242 g/mol. The molecule has 5 heteroatoms. The highest BCUT2D eigenvalue weighted by atomic mass is 32.1. The summed E-state index contributed by atoms with van der Waals surface area (Å²) in [4.78, 5) is 15.6. The molecular weight excluding hydrogens is 224 g/mol. The highest BCUT2D eigenvalue weighted by Crippen LogP contribution is 2.21. The Kier molecular flexibility index (Phi) is 4.89. The molecule has 0 amide bonds. The molecule has 1 aromatic heterocycles. The first kappa shape index (κ1) is 13.1. The summed E-state index contributed by atoms with van der Waals surface area (Å²) in [6.45, 7) is 6.36. The molecule has 0 bridgehead atoms. The first-order valence-electron chi connectivity index (χ1n) is 5.42. The van der Waals surface area contributed by atoms with Crippen LogP contribution in [0.2, 0.25) is 0 Å². The molecule has 0 aliphatic rings. The van der Waals surface area contributed by atoms with Crippen molar-refractivity contribution < 1.29 is 9.53 Å². The number of ether oxygens (including phenoxy) is 1. The second-order valence-corrected chi connectivity index (χ2v) is 4.89. The van der Waals surface area contributed by atoms with Gasteiger partial charge in [-0.15, -0.1) is 11.3 Å². The van der Waals surface area contributed by atoms with E-state index in [1.165, 1.54) is 11.3 Å². The van der Waals surface area contributed by atoms with Crippen LogP contribution in [-0.4, -0.2) is 17.6 Å². The summed E-state index contributed by atoms with van der Waals surface area (Å²) in [5, 5.41) is 2.22. The van der Waals surface area contributed by atoms with Crippen LogP contribution in [0.5, 0.6) is 0 Å². The van der Waals surface area contributed by atoms with Gasteiger partial charge in [0.05, 0.1) is 12.3 Å². The lowest BCUT2D eigenvalue weighted by atomic mass is 10.0. The maximum atomic E-state index is 11.4. The minimum absolute atomic E-state index is 0.0978. The van der Waals surface area contributed by atoms with Crippen molar-refractivity contribution in [3.8, 4) is 0 Å². The van der Waals surface area contributed by atoms with Gasteiger partial charge in [0.25, 0.3) is 0 Å². The van der Waals surface area contributed by atoms with Crippen molar-refractivity contribution >= 4 is 17.3 Å². The Morgan fingerprint density at radius 3 is 2.88 bits per heavy atom. The van der Waals surface area contributed by atoms with Crippen LogP contribution in [0.1, 0.15) is 48.7 Å². The van der Waals surface area contributed by atoms with E-state index in [4.69, 9.17) is 10.5 Å². The summed E-state index contributed by atoms with van der Waals surface area (Å²) >= 11 is 1.29. The van der Waals surface area contributed by atoms with Gasteiger partial charge in [-0.1, -0.05) is 13.8 Å². The van der Waals surface area contributed by atoms with E-state index in [2.05, 4.69) is 18.8 Å². The molecule has 0 radical (unpaired) electrons. The molecule has 16 heavy (non-hydrogen) atoms. The zero-order valence-electron chi connectivity index (χ0n) is 9.90. The van der Waals surface area contributed by atoms with E-state index in [0.717, 1.165) is 12.1 Å². The molecule has 4 nitrogen and oxygen atoms in total. The first-order chi connectivity index (χ1) is 7.54. The molecule has 0 unspecified atom stereocenters. The fourth-order valence-corrected chi connectivity index (χ4v) is 2.14. The maximum Gasteiger partial charge on any atom is 0.367 e. The van der Waals surface area contributed by atoms with Crippen LogP contribution in [0.3, 0.4) is 0 Å². The Hall–Kier alpha value is -0.940. The SMILES string of the molecule is CCOC(=O)c1nc([C@@H](N)CC(C)C)cs1. The smallest absolute Gasteiger partial charge is 0.367 e. The normalized spacial score (nSPS) is 12.8. The van der Waals surface area contributed by atoms with Crippen LogP contribution in [0.4, 0.5) is 0 Å². The fourth-order valence-electron chi connectivity index (χ4n) is 1.37. The predicted octanol–water partition coefficient (Wildman–Crippen LogP) is 2.37. The Bertz CT molecular complexity index is 350. The molecule has 0 spiro atoms. The summed E-state index contributed by atoms with van der Waals surface area (Å²) in [5.41, 5.74) is 6.75. The molecule has 0 fully saturated rings. The highest BCUT2D eigenvalue weighted by molar-refractivity contribution is 7.11. The van der Waals surface area contributed by atoms with E-state index >= 15 is 0 Å². The third kappa shape index (κ3) is 3.57. The molecule has 1 heterocycles. The van der Waals surface area contributed by atoms with Gasteiger partial charge in [-0.25, -0.2) is 9.78 Å². The van der Waals surface area contributed by atoms with Gasteiger partial charge in [0.15, 0.2) is 0 Å². The van der Waals surface area contributed by atoms with Crippen LogP contribution >= 0.6 is 11.3 Å². The van der Waals surface area contributed by atoms with Gasteiger partial charge in [-0.2, -0.15) is 0 Å². The van der Waals surface area contributed by atoms with Crippen LogP contribution in [0, 0.1) is 5.92 Å². The maximum absolute atomic E-state index is 11.4. The summed E-state index contributed by atoms with van der Waals surface area (Å²) in [7, 11) is 0. The van der Waals surface area contributed by atoms with Crippen molar-refractivity contribution in [1.29, 1.82) is 0 Å². The lowest BCUT2D eigenvalue weighted by Crippen LogP contribution is -2.14. The van der Waals surface area contributed by atoms with E-state index in [9.17, 15) is 4.79 Å². The van der Waals surface area contributed by atoms with E-state index in [1.807, 2.05) is 5.38 Å². The predicted molar refractivity (Wildman–Crippen MR) is 64.5 cm³/mol. The second kappa shape index (κ2) is 5.96. The van der Waals surface area contributed by atoms with E-state index in [1.54, 1.807) is 6.92 Å². The molecule has 90 valence electrons. The van der Waals surface area contributed by atoms with Crippen molar-refractivity contribution in [2.45, 2.75) is 33.2 Å². The third-order valence-corrected chi connectivity index (χ3v) is 2.92. The Morgan fingerprint density at radius 2 is 2.31 bits per heavy atom. The van der Waals surface area contributed by atoms with Gasteiger partial charge in [0.2, 0.25) is 5.01 Å². The van der Waals surface area contributed by atoms with E-state index in [0.29, 0.717) is 17.5 Å².